The fourth-order valence-electron chi connectivity index (χ4n) is 3.39. The number of carbonyl (C=O) groups excluding carboxylic acids is 1. The van der Waals surface area contributed by atoms with Gasteiger partial charge in [0.2, 0.25) is 15.9 Å². The largest absolute Gasteiger partial charge is 0.417 e. The van der Waals surface area contributed by atoms with E-state index in [1.807, 2.05) is 12.1 Å². The molecule has 3 rings (SSSR count). The zero-order chi connectivity index (χ0) is 22.6. The number of benzene rings is 1. The van der Waals surface area contributed by atoms with Crippen molar-refractivity contribution < 1.29 is 26.4 Å². The smallest absolute Gasteiger partial charge is 0.355 e. The fraction of sp³-hybridized carbons (Fsp3) is 0.400. The number of rotatable bonds is 6. The Hall–Kier alpha value is -2.17. The van der Waals surface area contributed by atoms with Crippen LogP contribution in [0.25, 0.3) is 0 Å². The lowest BCUT2D eigenvalue weighted by Crippen LogP contribution is -2.43. The van der Waals surface area contributed by atoms with Gasteiger partial charge in [-0.2, -0.15) is 17.5 Å². The highest BCUT2D eigenvalue weighted by molar-refractivity contribution is 7.89. The Morgan fingerprint density at radius 1 is 1.19 bits per heavy atom. The van der Waals surface area contributed by atoms with Crippen molar-refractivity contribution in [1.82, 2.24) is 14.6 Å². The summed E-state index contributed by atoms with van der Waals surface area (Å²) in [6, 6.07) is 8.06. The minimum absolute atomic E-state index is 0.0463. The quantitative estimate of drug-likeness (QED) is 0.693. The van der Waals surface area contributed by atoms with Crippen LogP contribution in [0.1, 0.15) is 24.1 Å². The number of aromatic nitrogens is 1. The van der Waals surface area contributed by atoms with Gasteiger partial charge >= 0.3 is 6.18 Å². The van der Waals surface area contributed by atoms with Crippen molar-refractivity contribution in [3.8, 4) is 0 Å². The number of hydrogen-bond acceptors (Lipinski definition) is 4. The predicted molar refractivity (Wildman–Crippen MR) is 109 cm³/mol. The molecule has 31 heavy (non-hydrogen) atoms. The molecule has 1 N–H and O–H groups in total. The van der Waals surface area contributed by atoms with Gasteiger partial charge in [0, 0.05) is 43.9 Å². The van der Waals surface area contributed by atoms with E-state index in [0.717, 1.165) is 22.1 Å². The number of sulfonamides is 1. The predicted octanol–water partition coefficient (Wildman–Crippen LogP) is 3.51. The first-order valence-corrected chi connectivity index (χ1v) is 11.5. The third-order valence-corrected chi connectivity index (χ3v) is 7.34. The first kappa shape index (κ1) is 23.5. The van der Waals surface area contributed by atoms with E-state index in [0.29, 0.717) is 19.0 Å². The van der Waals surface area contributed by atoms with Gasteiger partial charge in [0.15, 0.2) is 0 Å². The summed E-state index contributed by atoms with van der Waals surface area (Å²) >= 11 is 5.57. The number of amides is 1. The fourth-order valence-corrected chi connectivity index (χ4v) is 5.11. The van der Waals surface area contributed by atoms with Crippen molar-refractivity contribution in [2.24, 2.45) is 5.92 Å². The van der Waals surface area contributed by atoms with Gasteiger partial charge < -0.3 is 5.32 Å². The topological polar surface area (TPSA) is 79.4 Å². The Morgan fingerprint density at radius 2 is 1.90 bits per heavy atom. The van der Waals surface area contributed by atoms with Crippen LogP contribution >= 0.6 is 11.6 Å². The van der Waals surface area contributed by atoms with Crippen LogP contribution in [0, 0.1) is 5.92 Å². The van der Waals surface area contributed by atoms with Crippen LogP contribution in [0.2, 0.25) is 5.02 Å². The third-order valence-electron chi connectivity index (χ3n) is 5.11. The SMILES string of the molecule is O=C(NCCc1ccccn1)C1CCN(S(=O)(=O)c2ccc(Cl)c(C(F)(F)F)c2)CC1. The second-order valence-electron chi connectivity index (χ2n) is 7.18. The van der Waals surface area contributed by atoms with E-state index in [1.165, 1.54) is 0 Å². The van der Waals surface area contributed by atoms with Crippen LogP contribution < -0.4 is 5.32 Å². The second kappa shape index (κ2) is 9.54. The second-order valence-corrected chi connectivity index (χ2v) is 9.53. The molecule has 0 aliphatic carbocycles. The number of hydrogen-bond donors (Lipinski definition) is 1. The number of carbonyl (C=O) groups is 1. The molecule has 1 aliphatic rings. The summed E-state index contributed by atoms with van der Waals surface area (Å²) in [7, 11) is -4.13. The average molecular weight is 476 g/mol. The Labute approximate surface area is 183 Å². The maximum atomic E-state index is 13.1. The van der Waals surface area contributed by atoms with Gasteiger partial charge in [-0.1, -0.05) is 17.7 Å². The molecule has 1 aliphatic heterocycles. The van der Waals surface area contributed by atoms with Crippen LogP contribution in [0.15, 0.2) is 47.5 Å². The molecule has 0 spiro atoms. The van der Waals surface area contributed by atoms with Crippen molar-refractivity contribution in [2.75, 3.05) is 19.6 Å². The molecule has 1 saturated heterocycles. The Kier molecular flexibility index (Phi) is 7.23. The molecular weight excluding hydrogens is 455 g/mol. The molecule has 0 atom stereocenters. The molecule has 0 bridgehead atoms. The molecule has 168 valence electrons. The lowest BCUT2D eigenvalue weighted by molar-refractivity contribution is -0.137. The van der Waals surface area contributed by atoms with Crippen LogP contribution in [0.3, 0.4) is 0 Å². The maximum absolute atomic E-state index is 13.1. The van der Waals surface area contributed by atoms with Gasteiger partial charge in [0.05, 0.1) is 15.5 Å². The molecule has 1 aromatic heterocycles. The minimum Gasteiger partial charge on any atom is -0.355 e. The molecular formula is C20H21ClF3N3O3S. The van der Waals surface area contributed by atoms with E-state index >= 15 is 0 Å². The summed E-state index contributed by atoms with van der Waals surface area (Å²) in [5.74, 6) is -0.523. The van der Waals surface area contributed by atoms with Gasteiger partial charge in [-0.25, -0.2) is 8.42 Å². The zero-order valence-corrected chi connectivity index (χ0v) is 18.0. The number of alkyl halides is 3. The summed E-state index contributed by atoms with van der Waals surface area (Å²) in [6.45, 7) is 0.509. The van der Waals surface area contributed by atoms with E-state index < -0.39 is 31.7 Å². The third kappa shape index (κ3) is 5.75. The van der Waals surface area contributed by atoms with Gasteiger partial charge in [-0.3, -0.25) is 9.78 Å². The molecule has 0 saturated carbocycles. The maximum Gasteiger partial charge on any atom is 0.417 e. The number of nitrogens with one attached hydrogen (secondary N) is 1. The molecule has 6 nitrogen and oxygen atoms in total. The van der Waals surface area contributed by atoms with Gasteiger partial charge in [-0.05, 0) is 43.2 Å². The summed E-state index contributed by atoms with van der Waals surface area (Å²) in [5, 5.41) is 2.27. The first-order valence-electron chi connectivity index (χ1n) is 9.63. The number of halogens is 4. The van der Waals surface area contributed by atoms with Crippen molar-refractivity contribution in [2.45, 2.75) is 30.3 Å². The monoisotopic (exact) mass is 475 g/mol. The molecule has 0 unspecified atom stereocenters. The van der Waals surface area contributed by atoms with E-state index in [9.17, 15) is 26.4 Å². The molecule has 1 fully saturated rings. The lowest BCUT2D eigenvalue weighted by Gasteiger charge is -2.30. The molecule has 0 radical (unpaired) electrons. The normalized spacial score (nSPS) is 16.3. The summed E-state index contributed by atoms with van der Waals surface area (Å²) < 4.78 is 65.9. The highest BCUT2D eigenvalue weighted by Gasteiger charge is 2.37. The lowest BCUT2D eigenvalue weighted by atomic mass is 9.97. The highest BCUT2D eigenvalue weighted by Crippen LogP contribution is 2.36. The minimum atomic E-state index is -4.76. The molecule has 2 heterocycles. The van der Waals surface area contributed by atoms with E-state index in [1.54, 1.807) is 12.3 Å². The van der Waals surface area contributed by atoms with Crippen LogP contribution in [-0.2, 0) is 27.4 Å². The molecule has 11 heteroatoms. The highest BCUT2D eigenvalue weighted by atomic mass is 35.5. The van der Waals surface area contributed by atoms with Crippen LogP contribution in [-0.4, -0.2) is 43.2 Å². The first-order chi connectivity index (χ1) is 14.6. The summed E-state index contributed by atoms with van der Waals surface area (Å²) in [6.07, 6.45) is -1.94. The van der Waals surface area contributed by atoms with Crippen molar-refractivity contribution in [1.29, 1.82) is 0 Å². The average Bonchev–Trinajstić information content (AvgIpc) is 2.74. The van der Waals surface area contributed by atoms with Gasteiger partial charge in [0.25, 0.3) is 0 Å². The summed E-state index contributed by atoms with van der Waals surface area (Å²) in [4.78, 5) is 16.1. The molecule has 1 aromatic carbocycles. The van der Waals surface area contributed by atoms with Crippen molar-refractivity contribution in [3.63, 3.8) is 0 Å². The number of pyridine rings is 1. The van der Waals surface area contributed by atoms with Crippen molar-refractivity contribution in [3.05, 3.63) is 58.9 Å². The zero-order valence-electron chi connectivity index (χ0n) is 16.4. The van der Waals surface area contributed by atoms with E-state index in [-0.39, 0.29) is 37.8 Å². The number of nitrogens with zero attached hydrogens (tertiary/aromatic N) is 2. The van der Waals surface area contributed by atoms with Crippen molar-refractivity contribution >= 4 is 27.5 Å². The van der Waals surface area contributed by atoms with E-state index in [2.05, 4.69) is 10.3 Å². The Bertz CT molecular complexity index is 1020. The Morgan fingerprint density at radius 3 is 2.52 bits per heavy atom. The molecule has 2 aromatic rings. The molecule has 1 amide bonds. The van der Waals surface area contributed by atoms with E-state index in [4.69, 9.17) is 11.6 Å². The van der Waals surface area contributed by atoms with Crippen LogP contribution in [0.4, 0.5) is 13.2 Å². The number of piperidine rings is 1. The standard InChI is InChI=1S/C20H21ClF3N3O3S/c21-18-5-4-16(13-17(18)20(22,23)24)31(29,30)27-11-7-14(8-12-27)19(28)26-10-6-15-3-1-2-9-25-15/h1-5,9,13-14H,6-8,10-12H2,(H,26,28). The van der Waals surface area contributed by atoms with Gasteiger partial charge in [-0.15, -0.1) is 0 Å². The summed E-state index contributed by atoms with van der Waals surface area (Å²) in [5.41, 5.74) is -0.345. The van der Waals surface area contributed by atoms with Gasteiger partial charge in [0.1, 0.15) is 0 Å². The Balaban J connectivity index is 1.58. The van der Waals surface area contributed by atoms with Crippen LogP contribution in [0.5, 0.6) is 0 Å².